The van der Waals surface area contributed by atoms with Crippen LogP contribution in [0.2, 0.25) is 0 Å². The number of ether oxygens (including phenoxy) is 2. The molecule has 0 atom stereocenters. The lowest BCUT2D eigenvalue weighted by atomic mass is 9.99. The molecule has 2 heterocycles. The van der Waals surface area contributed by atoms with Gasteiger partial charge in [0.25, 0.3) is 5.91 Å². The number of hydrogen-bond acceptors (Lipinski definition) is 3. The number of likely N-dealkylation sites (tertiary alicyclic amines) is 1. The summed E-state index contributed by atoms with van der Waals surface area (Å²) in [6, 6.07) is 5.97. The standard InChI is InChI=1S/C16H21NO3/c1-12-5-3-6-13(2)14(12)15(18)17-8-4-7-16(11-17)19-9-10-20-16/h3,5-6H,4,7-11H2,1-2H3. The number of carbonyl (C=O) groups excluding carboxylic acids is 1. The highest BCUT2D eigenvalue weighted by atomic mass is 16.7. The van der Waals surface area contributed by atoms with Crippen molar-refractivity contribution in [1.29, 1.82) is 0 Å². The first kappa shape index (κ1) is 13.6. The quantitative estimate of drug-likeness (QED) is 0.789. The van der Waals surface area contributed by atoms with Crippen LogP contribution in [0.4, 0.5) is 0 Å². The lowest BCUT2D eigenvalue weighted by Gasteiger charge is -2.38. The molecule has 20 heavy (non-hydrogen) atoms. The van der Waals surface area contributed by atoms with E-state index < -0.39 is 5.79 Å². The Bertz CT molecular complexity index is 500. The Morgan fingerprint density at radius 3 is 2.50 bits per heavy atom. The molecule has 2 aliphatic heterocycles. The average molecular weight is 275 g/mol. The van der Waals surface area contributed by atoms with Gasteiger partial charge in [-0.25, -0.2) is 0 Å². The van der Waals surface area contributed by atoms with Crippen LogP contribution in [-0.2, 0) is 9.47 Å². The third-order valence-electron chi connectivity index (χ3n) is 4.21. The molecule has 0 aromatic heterocycles. The summed E-state index contributed by atoms with van der Waals surface area (Å²) in [6.45, 7) is 6.56. The van der Waals surface area contributed by atoms with Crippen molar-refractivity contribution in [2.45, 2.75) is 32.5 Å². The van der Waals surface area contributed by atoms with Gasteiger partial charge in [-0.15, -0.1) is 0 Å². The van der Waals surface area contributed by atoms with Gasteiger partial charge in [0.15, 0.2) is 5.79 Å². The third-order valence-corrected chi connectivity index (χ3v) is 4.21. The molecule has 2 fully saturated rings. The molecular weight excluding hydrogens is 254 g/mol. The van der Waals surface area contributed by atoms with Crippen molar-refractivity contribution in [3.05, 3.63) is 34.9 Å². The van der Waals surface area contributed by atoms with Crippen LogP contribution in [0.25, 0.3) is 0 Å². The molecule has 0 saturated carbocycles. The number of benzene rings is 1. The molecule has 1 spiro atoms. The number of hydrogen-bond donors (Lipinski definition) is 0. The van der Waals surface area contributed by atoms with Crippen LogP contribution in [-0.4, -0.2) is 42.9 Å². The largest absolute Gasteiger partial charge is 0.346 e. The third kappa shape index (κ3) is 2.34. The highest BCUT2D eigenvalue weighted by Gasteiger charge is 2.42. The summed E-state index contributed by atoms with van der Waals surface area (Å²) in [5, 5.41) is 0. The molecule has 0 bridgehead atoms. The minimum absolute atomic E-state index is 0.0961. The average Bonchev–Trinajstić information content (AvgIpc) is 2.86. The molecule has 3 rings (SSSR count). The zero-order valence-corrected chi connectivity index (χ0v) is 12.1. The fraction of sp³-hybridized carbons (Fsp3) is 0.562. The second-order valence-electron chi connectivity index (χ2n) is 5.70. The molecule has 1 amide bonds. The van der Waals surface area contributed by atoms with Crippen LogP contribution in [0.3, 0.4) is 0 Å². The van der Waals surface area contributed by atoms with Crippen LogP contribution in [0.5, 0.6) is 0 Å². The molecule has 1 aromatic rings. The van der Waals surface area contributed by atoms with E-state index in [0.29, 0.717) is 19.8 Å². The zero-order valence-electron chi connectivity index (χ0n) is 12.1. The van der Waals surface area contributed by atoms with E-state index in [0.717, 1.165) is 36.1 Å². The van der Waals surface area contributed by atoms with E-state index in [-0.39, 0.29) is 5.91 Å². The maximum atomic E-state index is 12.8. The number of rotatable bonds is 1. The second kappa shape index (κ2) is 5.19. The van der Waals surface area contributed by atoms with Gasteiger partial charge in [-0.1, -0.05) is 18.2 Å². The van der Waals surface area contributed by atoms with Crippen LogP contribution in [0.15, 0.2) is 18.2 Å². The van der Waals surface area contributed by atoms with Crippen molar-refractivity contribution in [3.63, 3.8) is 0 Å². The molecule has 0 N–H and O–H groups in total. The van der Waals surface area contributed by atoms with Gasteiger partial charge in [-0.05, 0) is 31.4 Å². The predicted octanol–water partition coefficient (Wildman–Crippen LogP) is 2.28. The first-order valence-electron chi connectivity index (χ1n) is 7.25. The van der Waals surface area contributed by atoms with E-state index in [1.54, 1.807) is 0 Å². The Morgan fingerprint density at radius 2 is 1.85 bits per heavy atom. The predicted molar refractivity (Wildman–Crippen MR) is 75.7 cm³/mol. The van der Waals surface area contributed by atoms with Crippen molar-refractivity contribution < 1.29 is 14.3 Å². The van der Waals surface area contributed by atoms with Crippen LogP contribution >= 0.6 is 0 Å². The summed E-state index contributed by atoms with van der Waals surface area (Å²) in [5.41, 5.74) is 2.88. The molecule has 0 radical (unpaired) electrons. The number of carbonyl (C=O) groups is 1. The van der Waals surface area contributed by atoms with Crippen LogP contribution in [0, 0.1) is 13.8 Å². The first-order valence-corrected chi connectivity index (χ1v) is 7.25. The van der Waals surface area contributed by atoms with Crippen molar-refractivity contribution >= 4 is 5.91 Å². The van der Waals surface area contributed by atoms with Gasteiger partial charge in [-0.2, -0.15) is 0 Å². The Kier molecular flexibility index (Phi) is 3.52. The minimum Gasteiger partial charge on any atom is -0.346 e. The summed E-state index contributed by atoms with van der Waals surface area (Å²) in [5.74, 6) is -0.455. The monoisotopic (exact) mass is 275 g/mol. The smallest absolute Gasteiger partial charge is 0.254 e. The highest BCUT2D eigenvalue weighted by molar-refractivity contribution is 5.97. The van der Waals surface area contributed by atoms with Gasteiger partial charge < -0.3 is 14.4 Å². The van der Waals surface area contributed by atoms with Gasteiger partial charge in [0, 0.05) is 18.5 Å². The van der Waals surface area contributed by atoms with Crippen molar-refractivity contribution in [3.8, 4) is 0 Å². The summed E-state index contributed by atoms with van der Waals surface area (Å²) in [4.78, 5) is 14.7. The van der Waals surface area contributed by atoms with Crippen LogP contribution in [0.1, 0.15) is 34.3 Å². The Hall–Kier alpha value is -1.39. The van der Waals surface area contributed by atoms with E-state index in [1.807, 2.05) is 36.9 Å². The zero-order chi connectivity index (χ0) is 14.2. The molecule has 4 heteroatoms. The van der Waals surface area contributed by atoms with Gasteiger partial charge in [-0.3, -0.25) is 4.79 Å². The number of piperidine rings is 1. The van der Waals surface area contributed by atoms with Gasteiger partial charge in [0.2, 0.25) is 0 Å². The van der Waals surface area contributed by atoms with E-state index >= 15 is 0 Å². The topological polar surface area (TPSA) is 38.8 Å². The molecule has 1 aromatic carbocycles. The normalized spacial score (nSPS) is 21.4. The summed E-state index contributed by atoms with van der Waals surface area (Å²) >= 11 is 0. The Labute approximate surface area is 119 Å². The SMILES string of the molecule is Cc1cccc(C)c1C(=O)N1CCCC2(C1)OCCO2. The van der Waals surface area contributed by atoms with Gasteiger partial charge in [0.05, 0.1) is 19.8 Å². The fourth-order valence-electron chi connectivity index (χ4n) is 3.20. The maximum absolute atomic E-state index is 12.8. The molecule has 2 saturated heterocycles. The van der Waals surface area contributed by atoms with E-state index in [2.05, 4.69) is 0 Å². The summed E-state index contributed by atoms with van der Waals surface area (Å²) < 4.78 is 11.5. The van der Waals surface area contributed by atoms with E-state index in [1.165, 1.54) is 0 Å². The molecule has 0 aliphatic carbocycles. The van der Waals surface area contributed by atoms with Gasteiger partial charge in [0.1, 0.15) is 0 Å². The van der Waals surface area contributed by atoms with Crippen molar-refractivity contribution in [2.75, 3.05) is 26.3 Å². The molecule has 108 valence electrons. The molecule has 2 aliphatic rings. The first-order chi connectivity index (χ1) is 9.61. The number of aryl methyl sites for hydroxylation is 2. The van der Waals surface area contributed by atoms with Crippen molar-refractivity contribution in [1.82, 2.24) is 4.90 Å². The van der Waals surface area contributed by atoms with E-state index in [4.69, 9.17) is 9.47 Å². The van der Waals surface area contributed by atoms with Gasteiger partial charge >= 0.3 is 0 Å². The summed E-state index contributed by atoms with van der Waals surface area (Å²) in [7, 11) is 0. The fourth-order valence-corrected chi connectivity index (χ4v) is 3.20. The van der Waals surface area contributed by atoms with Crippen LogP contribution < -0.4 is 0 Å². The lowest BCUT2D eigenvalue weighted by molar-refractivity contribution is -0.183. The summed E-state index contributed by atoms with van der Waals surface area (Å²) in [6.07, 6.45) is 1.81. The Balaban J connectivity index is 1.83. The maximum Gasteiger partial charge on any atom is 0.254 e. The number of nitrogens with zero attached hydrogens (tertiary/aromatic N) is 1. The van der Waals surface area contributed by atoms with Crippen molar-refractivity contribution in [2.24, 2.45) is 0 Å². The Morgan fingerprint density at radius 1 is 1.20 bits per heavy atom. The molecular formula is C16H21NO3. The second-order valence-corrected chi connectivity index (χ2v) is 5.70. The molecule has 4 nitrogen and oxygen atoms in total. The number of amides is 1. The lowest BCUT2D eigenvalue weighted by Crippen LogP contribution is -2.51. The highest BCUT2D eigenvalue weighted by Crippen LogP contribution is 2.31. The van der Waals surface area contributed by atoms with E-state index in [9.17, 15) is 4.79 Å². The molecule has 0 unspecified atom stereocenters. The minimum atomic E-state index is -0.551.